The number of likely N-dealkylation sites (tertiary alicyclic amines) is 1. The third kappa shape index (κ3) is 3.95. The first-order chi connectivity index (χ1) is 17.4. The van der Waals surface area contributed by atoms with E-state index in [9.17, 15) is 24.6 Å². The minimum absolute atomic E-state index is 0.0484. The average Bonchev–Trinajstić information content (AvgIpc) is 3.54. The van der Waals surface area contributed by atoms with Crippen molar-refractivity contribution < 1.29 is 29.3 Å². The molecule has 2 bridgehead atoms. The van der Waals surface area contributed by atoms with Gasteiger partial charge < -0.3 is 24.7 Å². The largest absolute Gasteiger partial charge is 0.481 e. The molecule has 0 aromatic heterocycles. The summed E-state index contributed by atoms with van der Waals surface area (Å²) in [5, 5.41) is 20.5. The fourth-order valence-electron chi connectivity index (χ4n) is 7.29. The van der Waals surface area contributed by atoms with Crippen molar-refractivity contribution in [2.24, 2.45) is 11.8 Å². The number of carboxylic acid groups (broad SMARTS) is 1. The Hall–Kier alpha value is -2.71. The highest BCUT2D eigenvalue weighted by Crippen LogP contribution is 2.59. The second-order valence-electron chi connectivity index (χ2n) is 10.7. The van der Waals surface area contributed by atoms with Gasteiger partial charge >= 0.3 is 5.97 Å². The maximum Gasteiger partial charge on any atom is 0.310 e. The van der Waals surface area contributed by atoms with E-state index in [1.54, 1.807) is 6.08 Å². The van der Waals surface area contributed by atoms with E-state index >= 15 is 0 Å². The molecule has 2 unspecified atom stereocenters. The minimum Gasteiger partial charge on any atom is -0.481 e. The van der Waals surface area contributed by atoms with Gasteiger partial charge in [-0.1, -0.05) is 55.7 Å². The molecule has 194 valence electrons. The Bertz CT molecular complexity index is 1010. The molecule has 6 atom stereocenters. The van der Waals surface area contributed by atoms with Gasteiger partial charge in [0.1, 0.15) is 11.6 Å². The number of carboxylic acids is 1. The van der Waals surface area contributed by atoms with Gasteiger partial charge in [0.05, 0.1) is 30.6 Å². The Balaban J connectivity index is 1.56. The zero-order valence-electron chi connectivity index (χ0n) is 20.6. The van der Waals surface area contributed by atoms with Crippen LogP contribution in [0.3, 0.4) is 0 Å². The van der Waals surface area contributed by atoms with E-state index in [0.29, 0.717) is 25.8 Å². The van der Waals surface area contributed by atoms with Crippen LogP contribution >= 0.6 is 0 Å². The molecule has 0 radical (unpaired) electrons. The quantitative estimate of drug-likeness (QED) is 0.509. The van der Waals surface area contributed by atoms with Crippen LogP contribution in [0.4, 0.5) is 0 Å². The lowest BCUT2D eigenvalue weighted by atomic mass is 9.70. The van der Waals surface area contributed by atoms with Gasteiger partial charge in [0.25, 0.3) is 0 Å². The van der Waals surface area contributed by atoms with Crippen LogP contribution in [-0.4, -0.2) is 80.8 Å². The van der Waals surface area contributed by atoms with Gasteiger partial charge in [-0.05, 0) is 37.7 Å². The number of aliphatic hydroxyl groups is 1. The van der Waals surface area contributed by atoms with Crippen molar-refractivity contribution in [2.45, 2.75) is 81.2 Å². The zero-order valence-corrected chi connectivity index (χ0v) is 20.6. The van der Waals surface area contributed by atoms with Crippen LogP contribution in [0.15, 0.2) is 43.0 Å². The second kappa shape index (κ2) is 9.98. The molecule has 4 aliphatic rings. The van der Waals surface area contributed by atoms with Crippen LogP contribution in [0.1, 0.15) is 50.5 Å². The topological polar surface area (TPSA) is 107 Å². The summed E-state index contributed by atoms with van der Waals surface area (Å²) in [6, 6.07) is 7.95. The maximum atomic E-state index is 14.4. The molecule has 4 fully saturated rings. The molecule has 2 amide bonds. The summed E-state index contributed by atoms with van der Waals surface area (Å²) in [5.74, 6) is -3.57. The smallest absolute Gasteiger partial charge is 0.310 e. The van der Waals surface area contributed by atoms with Crippen molar-refractivity contribution in [3.8, 4) is 0 Å². The summed E-state index contributed by atoms with van der Waals surface area (Å²) < 4.78 is 6.35. The summed E-state index contributed by atoms with van der Waals surface area (Å²) in [7, 11) is 0. The van der Waals surface area contributed by atoms with Crippen LogP contribution in [0.2, 0.25) is 0 Å². The van der Waals surface area contributed by atoms with E-state index in [1.807, 2.05) is 35.2 Å². The van der Waals surface area contributed by atoms with E-state index in [1.165, 1.54) is 4.90 Å². The van der Waals surface area contributed by atoms with Crippen molar-refractivity contribution in [1.82, 2.24) is 9.80 Å². The molecular weight excluding hydrogens is 460 g/mol. The molecule has 36 heavy (non-hydrogen) atoms. The highest BCUT2D eigenvalue weighted by atomic mass is 16.5. The van der Waals surface area contributed by atoms with Crippen LogP contribution in [0.5, 0.6) is 0 Å². The van der Waals surface area contributed by atoms with Crippen molar-refractivity contribution in [3.63, 3.8) is 0 Å². The number of fused-ring (bicyclic) bond motifs is 1. The van der Waals surface area contributed by atoms with Crippen LogP contribution in [0, 0.1) is 11.8 Å². The van der Waals surface area contributed by atoms with E-state index in [0.717, 1.165) is 37.7 Å². The summed E-state index contributed by atoms with van der Waals surface area (Å²) in [5.41, 5.74) is -0.250. The van der Waals surface area contributed by atoms with Gasteiger partial charge in [-0.15, -0.1) is 6.58 Å². The lowest BCUT2D eigenvalue weighted by Crippen LogP contribution is -2.60. The molecule has 5 rings (SSSR count). The molecule has 1 aliphatic carbocycles. The molecule has 1 aromatic carbocycles. The van der Waals surface area contributed by atoms with Crippen molar-refractivity contribution in [3.05, 3.63) is 48.6 Å². The monoisotopic (exact) mass is 496 g/mol. The molecule has 2 N–H and O–H groups in total. The molecule has 1 aromatic rings. The molecule has 3 heterocycles. The Morgan fingerprint density at radius 2 is 1.92 bits per heavy atom. The number of ether oxygens (including phenoxy) is 1. The summed E-state index contributed by atoms with van der Waals surface area (Å²) in [6.07, 6.45) is 7.48. The van der Waals surface area contributed by atoms with Gasteiger partial charge in [0, 0.05) is 12.6 Å². The number of benzene rings is 1. The maximum absolute atomic E-state index is 14.4. The van der Waals surface area contributed by atoms with Gasteiger partial charge in [-0.3, -0.25) is 14.4 Å². The Morgan fingerprint density at radius 3 is 2.56 bits per heavy atom. The fourth-order valence-corrected chi connectivity index (χ4v) is 7.29. The van der Waals surface area contributed by atoms with E-state index in [4.69, 9.17) is 4.74 Å². The van der Waals surface area contributed by atoms with Gasteiger partial charge in [-0.2, -0.15) is 0 Å². The Labute approximate surface area is 211 Å². The standard InChI is InChI=1S/C28H36N2O6/c1-2-15-29(19-11-7-4-8-12-19)26(33)24-28-14-13-21(36-28)22(27(34)35)23(28)25(32)30(24)20(17-31)16-18-9-5-3-6-10-18/h2-3,5-6,9-10,19-24,31H,1,4,7-8,11-17H2,(H,34,35)/t20-,21+,22-,23+,24?,28?/m1/s1. The van der Waals surface area contributed by atoms with Crippen molar-refractivity contribution in [2.75, 3.05) is 13.2 Å². The highest BCUT2D eigenvalue weighted by molar-refractivity contribution is 5.98. The van der Waals surface area contributed by atoms with Crippen LogP contribution in [-0.2, 0) is 25.5 Å². The van der Waals surface area contributed by atoms with Crippen molar-refractivity contribution >= 4 is 17.8 Å². The zero-order chi connectivity index (χ0) is 25.4. The molecule has 3 aliphatic heterocycles. The van der Waals surface area contributed by atoms with Gasteiger partial charge in [0.15, 0.2) is 0 Å². The third-order valence-electron chi connectivity index (χ3n) is 8.80. The first kappa shape index (κ1) is 25.0. The van der Waals surface area contributed by atoms with Crippen LogP contribution < -0.4 is 0 Å². The first-order valence-electron chi connectivity index (χ1n) is 13.2. The molecule has 1 saturated carbocycles. The SMILES string of the molecule is C=CCN(C(=O)C1N([C@@H](CO)Cc2ccccc2)C(=O)[C@@H]2[C@H](C(=O)O)[C@@H]3CCC12O3)C1CCCCC1. The number of carbonyl (C=O) groups excluding carboxylic acids is 2. The minimum atomic E-state index is -1.18. The number of aliphatic carboxylic acids is 1. The number of hydrogen-bond donors (Lipinski definition) is 2. The normalized spacial score (nSPS) is 32.4. The summed E-state index contributed by atoms with van der Waals surface area (Å²) >= 11 is 0. The van der Waals surface area contributed by atoms with E-state index < -0.39 is 41.6 Å². The summed E-state index contributed by atoms with van der Waals surface area (Å²) in [6.45, 7) is 3.89. The average molecular weight is 497 g/mol. The van der Waals surface area contributed by atoms with E-state index in [2.05, 4.69) is 6.58 Å². The third-order valence-corrected chi connectivity index (χ3v) is 8.80. The van der Waals surface area contributed by atoms with E-state index in [-0.39, 0.29) is 24.5 Å². The number of amides is 2. The fraction of sp³-hybridized carbons (Fsp3) is 0.607. The highest BCUT2D eigenvalue weighted by Gasteiger charge is 2.75. The number of carbonyl (C=O) groups is 3. The molecule has 8 nitrogen and oxygen atoms in total. The van der Waals surface area contributed by atoms with Gasteiger partial charge in [0.2, 0.25) is 11.8 Å². The van der Waals surface area contributed by atoms with Crippen molar-refractivity contribution in [1.29, 1.82) is 0 Å². The number of aliphatic hydroxyl groups excluding tert-OH is 1. The Kier molecular flexibility index (Phi) is 6.92. The number of rotatable bonds is 9. The predicted molar refractivity (Wildman–Crippen MR) is 132 cm³/mol. The van der Waals surface area contributed by atoms with Gasteiger partial charge in [-0.25, -0.2) is 0 Å². The second-order valence-corrected chi connectivity index (χ2v) is 10.7. The number of nitrogens with zero attached hydrogens (tertiary/aromatic N) is 2. The number of hydrogen-bond acceptors (Lipinski definition) is 5. The first-order valence-corrected chi connectivity index (χ1v) is 13.2. The molecular formula is C28H36N2O6. The van der Waals surface area contributed by atoms with Crippen LogP contribution in [0.25, 0.3) is 0 Å². The summed E-state index contributed by atoms with van der Waals surface area (Å²) in [4.78, 5) is 44.1. The molecule has 8 heteroatoms. The Morgan fingerprint density at radius 1 is 1.19 bits per heavy atom. The lowest BCUT2D eigenvalue weighted by molar-refractivity contribution is -0.154. The molecule has 3 saturated heterocycles. The molecule has 1 spiro atoms. The predicted octanol–water partition coefficient (Wildman–Crippen LogP) is 2.40. The lowest BCUT2D eigenvalue weighted by Gasteiger charge is -2.42.